The Morgan fingerprint density at radius 2 is 2.06 bits per heavy atom. The van der Waals surface area contributed by atoms with E-state index in [4.69, 9.17) is 0 Å². The van der Waals surface area contributed by atoms with E-state index in [0.717, 1.165) is 24.9 Å². The van der Waals surface area contributed by atoms with Crippen molar-refractivity contribution in [2.24, 2.45) is 5.41 Å². The second-order valence-corrected chi connectivity index (χ2v) is 6.00. The van der Waals surface area contributed by atoms with Gasteiger partial charge in [-0.3, -0.25) is 4.98 Å². The van der Waals surface area contributed by atoms with Crippen LogP contribution in [-0.4, -0.2) is 11.5 Å². The SMILES string of the molecule is CCNC(CCCC(C)(C)C)c1cncc(F)c1. The van der Waals surface area contributed by atoms with Gasteiger partial charge in [0.2, 0.25) is 0 Å². The zero-order chi connectivity index (χ0) is 13.6. The van der Waals surface area contributed by atoms with Crippen LogP contribution < -0.4 is 5.32 Å². The molecule has 3 heteroatoms. The maximum atomic E-state index is 13.2. The van der Waals surface area contributed by atoms with E-state index in [1.165, 1.54) is 12.6 Å². The van der Waals surface area contributed by atoms with Crippen molar-refractivity contribution in [2.45, 2.75) is 53.0 Å². The Labute approximate surface area is 110 Å². The number of aromatic nitrogens is 1. The fraction of sp³-hybridized carbons (Fsp3) is 0.667. The van der Waals surface area contributed by atoms with Gasteiger partial charge in [0.15, 0.2) is 0 Å². The average Bonchev–Trinajstić information content (AvgIpc) is 2.26. The monoisotopic (exact) mass is 252 g/mol. The highest BCUT2D eigenvalue weighted by molar-refractivity contribution is 5.15. The summed E-state index contributed by atoms with van der Waals surface area (Å²) in [6.45, 7) is 9.71. The summed E-state index contributed by atoms with van der Waals surface area (Å²) in [7, 11) is 0. The van der Waals surface area contributed by atoms with E-state index in [2.05, 4.69) is 38.0 Å². The molecule has 1 aromatic heterocycles. The van der Waals surface area contributed by atoms with Crippen molar-refractivity contribution in [1.82, 2.24) is 10.3 Å². The molecule has 18 heavy (non-hydrogen) atoms. The Kier molecular flexibility index (Phi) is 5.73. The summed E-state index contributed by atoms with van der Waals surface area (Å²) >= 11 is 0. The van der Waals surface area contributed by atoms with E-state index in [0.29, 0.717) is 5.41 Å². The lowest BCUT2D eigenvalue weighted by Crippen LogP contribution is -2.21. The van der Waals surface area contributed by atoms with Crippen molar-refractivity contribution in [1.29, 1.82) is 0 Å². The minimum atomic E-state index is -0.258. The Morgan fingerprint density at radius 3 is 2.61 bits per heavy atom. The lowest BCUT2D eigenvalue weighted by Gasteiger charge is -2.22. The fourth-order valence-electron chi connectivity index (χ4n) is 2.09. The van der Waals surface area contributed by atoms with E-state index < -0.39 is 0 Å². The van der Waals surface area contributed by atoms with Crippen molar-refractivity contribution < 1.29 is 4.39 Å². The van der Waals surface area contributed by atoms with E-state index in [1.807, 2.05) is 0 Å². The third-order valence-electron chi connectivity index (χ3n) is 3.00. The van der Waals surface area contributed by atoms with Gasteiger partial charge in [0.1, 0.15) is 5.82 Å². The van der Waals surface area contributed by atoms with Gasteiger partial charge in [-0.1, -0.05) is 34.1 Å². The first-order valence-corrected chi connectivity index (χ1v) is 6.76. The Morgan fingerprint density at radius 1 is 1.33 bits per heavy atom. The molecule has 0 spiro atoms. The van der Waals surface area contributed by atoms with Gasteiger partial charge in [0.25, 0.3) is 0 Å². The van der Waals surface area contributed by atoms with Crippen LogP contribution in [0.4, 0.5) is 4.39 Å². The van der Waals surface area contributed by atoms with E-state index in [-0.39, 0.29) is 11.9 Å². The van der Waals surface area contributed by atoms with Crippen molar-refractivity contribution in [3.8, 4) is 0 Å². The molecule has 1 atom stereocenters. The predicted octanol–water partition coefficient (Wildman–Crippen LogP) is 4.09. The van der Waals surface area contributed by atoms with E-state index in [9.17, 15) is 4.39 Å². The molecule has 1 rings (SSSR count). The molecule has 2 nitrogen and oxygen atoms in total. The molecular weight excluding hydrogens is 227 g/mol. The summed E-state index contributed by atoms with van der Waals surface area (Å²) in [5.74, 6) is -0.258. The molecule has 1 heterocycles. The first-order chi connectivity index (χ1) is 8.42. The third-order valence-corrected chi connectivity index (χ3v) is 3.00. The lowest BCUT2D eigenvalue weighted by atomic mass is 9.88. The molecule has 0 aromatic carbocycles. The highest BCUT2D eigenvalue weighted by Crippen LogP contribution is 2.26. The second-order valence-electron chi connectivity index (χ2n) is 6.00. The second kappa shape index (κ2) is 6.83. The van der Waals surface area contributed by atoms with Crippen LogP contribution in [0.1, 0.15) is 58.6 Å². The summed E-state index contributed by atoms with van der Waals surface area (Å²) in [5, 5.41) is 3.41. The zero-order valence-corrected chi connectivity index (χ0v) is 12.0. The number of pyridine rings is 1. The normalized spacial score (nSPS) is 13.6. The largest absolute Gasteiger partial charge is 0.310 e. The molecule has 0 aliphatic carbocycles. The standard InChI is InChI=1S/C15H25FN2/c1-5-18-14(7-6-8-15(2,3)4)12-9-13(16)11-17-10-12/h9-11,14,18H,5-8H2,1-4H3. The minimum absolute atomic E-state index is 0.209. The van der Waals surface area contributed by atoms with Gasteiger partial charge < -0.3 is 5.32 Å². The highest BCUT2D eigenvalue weighted by atomic mass is 19.1. The van der Waals surface area contributed by atoms with Gasteiger partial charge in [-0.2, -0.15) is 0 Å². The third kappa shape index (κ3) is 5.58. The maximum absolute atomic E-state index is 13.2. The van der Waals surface area contributed by atoms with Crippen LogP contribution in [0.2, 0.25) is 0 Å². The van der Waals surface area contributed by atoms with E-state index in [1.54, 1.807) is 12.3 Å². The molecule has 0 saturated heterocycles. The molecule has 0 aliphatic heterocycles. The van der Waals surface area contributed by atoms with Crippen LogP contribution in [0.3, 0.4) is 0 Å². The van der Waals surface area contributed by atoms with Gasteiger partial charge in [-0.05, 0) is 36.4 Å². The van der Waals surface area contributed by atoms with Crippen LogP contribution in [0.5, 0.6) is 0 Å². The topological polar surface area (TPSA) is 24.9 Å². The summed E-state index contributed by atoms with van der Waals surface area (Å²) in [6.07, 6.45) is 6.35. The smallest absolute Gasteiger partial charge is 0.141 e. The summed E-state index contributed by atoms with van der Waals surface area (Å²) < 4.78 is 13.2. The van der Waals surface area contributed by atoms with Gasteiger partial charge in [0.05, 0.1) is 6.20 Å². The van der Waals surface area contributed by atoms with Crippen molar-refractivity contribution in [2.75, 3.05) is 6.54 Å². The van der Waals surface area contributed by atoms with Gasteiger partial charge >= 0.3 is 0 Å². The highest BCUT2D eigenvalue weighted by Gasteiger charge is 2.14. The predicted molar refractivity (Wildman–Crippen MR) is 73.9 cm³/mol. The molecule has 0 aliphatic rings. The maximum Gasteiger partial charge on any atom is 0.141 e. The van der Waals surface area contributed by atoms with Crippen LogP contribution in [0, 0.1) is 11.2 Å². The first-order valence-electron chi connectivity index (χ1n) is 6.76. The molecule has 1 aromatic rings. The molecule has 0 radical (unpaired) electrons. The van der Waals surface area contributed by atoms with Gasteiger partial charge in [-0.15, -0.1) is 0 Å². The molecular formula is C15H25FN2. The molecule has 102 valence electrons. The van der Waals surface area contributed by atoms with E-state index >= 15 is 0 Å². The number of nitrogens with zero attached hydrogens (tertiary/aromatic N) is 1. The van der Waals surface area contributed by atoms with Crippen LogP contribution in [0.25, 0.3) is 0 Å². The number of hydrogen-bond acceptors (Lipinski definition) is 2. The molecule has 0 fully saturated rings. The Bertz CT molecular complexity index is 358. The Balaban J connectivity index is 2.60. The minimum Gasteiger partial charge on any atom is -0.310 e. The summed E-state index contributed by atoms with van der Waals surface area (Å²) in [6, 6.07) is 1.79. The summed E-state index contributed by atoms with van der Waals surface area (Å²) in [5.41, 5.74) is 1.31. The Hall–Kier alpha value is -0.960. The van der Waals surface area contributed by atoms with Crippen LogP contribution >= 0.6 is 0 Å². The molecule has 1 unspecified atom stereocenters. The molecule has 0 bridgehead atoms. The fourth-order valence-corrected chi connectivity index (χ4v) is 2.09. The number of halogens is 1. The summed E-state index contributed by atoms with van der Waals surface area (Å²) in [4.78, 5) is 3.93. The molecule has 0 amide bonds. The molecule has 1 N–H and O–H groups in total. The average molecular weight is 252 g/mol. The lowest BCUT2D eigenvalue weighted by molar-refractivity contribution is 0.344. The van der Waals surface area contributed by atoms with Crippen molar-refractivity contribution in [3.63, 3.8) is 0 Å². The van der Waals surface area contributed by atoms with Crippen LogP contribution in [-0.2, 0) is 0 Å². The van der Waals surface area contributed by atoms with Crippen molar-refractivity contribution in [3.05, 3.63) is 29.8 Å². The first kappa shape index (κ1) is 15.1. The van der Waals surface area contributed by atoms with Gasteiger partial charge in [0, 0.05) is 12.2 Å². The van der Waals surface area contributed by atoms with Crippen molar-refractivity contribution >= 4 is 0 Å². The zero-order valence-electron chi connectivity index (χ0n) is 12.0. The molecule has 0 saturated carbocycles. The number of hydrogen-bond donors (Lipinski definition) is 1. The van der Waals surface area contributed by atoms with Gasteiger partial charge in [-0.25, -0.2) is 4.39 Å². The quantitative estimate of drug-likeness (QED) is 0.825. The number of rotatable bonds is 6. The van der Waals surface area contributed by atoms with Crippen LogP contribution in [0.15, 0.2) is 18.5 Å². The number of nitrogens with one attached hydrogen (secondary N) is 1.